The summed E-state index contributed by atoms with van der Waals surface area (Å²) in [6.07, 6.45) is -4.73. The number of hydrogen-bond acceptors (Lipinski definition) is 7. The molecule has 2 heterocycles. The molecule has 2 aromatic heterocycles. The van der Waals surface area contributed by atoms with Gasteiger partial charge in [0.2, 0.25) is 5.16 Å². The molecule has 0 bridgehead atoms. The van der Waals surface area contributed by atoms with Gasteiger partial charge < -0.3 is 4.74 Å². The summed E-state index contributed by atoms with van der Waals surface area (Å²) in [6.45, 7) is 0. The number of benzene rings is 2. The number of ether oxygens (including phenoxy) is 1. The molecule has 0 saturated heterocycles. The number of aromatic nitrogens is 5. The second-order valence-electron chi connectivity index (χ2n) is 5.28. The maximum Gasteiger partial charge on any atom is 0.573 e. The van der Waals surface area contributed by atoms with E-state index in [0.29, 0.717) is 16.6 Å². The van der Waals surface area contributed by atoms with Crippen molar-refractivity contribution >= 4 is 33.3 Å². The minimum atomic E-state index is -4.73. The van der Waals surface area contributed by atoms with E-state index in [-0.39, 0.29) is 5.75 Å². The minimum absolute atomic E-state index is 0.303. The average Bonchev–Trinajstić information content (AvgIpc) is 3.25. The van der Waals surface area contributed by atoms with Crippen LogP contribution >= 0.6 is 23.1 Å². The van der Waals surface area contributed by atoms with Crippen LogP contribution in [-0.4, -0.2) is 31.6 Å². The summed E-state index contributed by atoms with van der Waals surface area (Å²) in [7, 11) is 0. The van der Waals surface area contributed by atoms with Crippen molar-refractivity contribution in [3.8, 4) is 11.4 Å². The first-order valence-corrected chi connectivity index (χ1v) is 9.40. The third-order valence-electron chi connectivity index (χ3n) is 3.42. The largest absolute Gasteiger partial charge is 0.573 e. The molecule has 0 aliphatic heterocycles. The van der Waals surface area contributed by atoms with Crippen LogP contribution in [0.15, 0.2) is 53.7 Å². The van der Waals surface area contributed by atoms with Crippen LogP contribution in [0.1, 0.15) is 5.01 Å². The van der Waals surface area contributed by atoms with Gasteiger partial charge in [0.05, 0.1) is 21.7 Å². The molecule has 0 radical (unpaired) electrons. The van der Waals surface area contributed by atoms with E-state index < -0.39 is 6.36 Å². The highest BCUT2D eigenvalue weighted by atomic mass is 32.2. The van der Waals surface area contributed by atoms with E-state index in [1.54, 1.807) is 11.3 Å². The fraction of sp³-hybridized carbons (Fsp3) is 0.125. The fourth-order valence-electron chi connectivity index (χ4n) is 2.33. The molecule has 11 heteroatoms. The number of hydrogen-bond donors (Lipinski definition) is 0. The Labute approximate surface area is 159 Å². The molecule has 0 fully saturated rings. The van der Waals surface area contributed by atoms with E-state index in [1.807, 2.05) is 24.3 Å². The summed E-state index contributed by atoms with van der Waals surface area (Å²) in [5.41, 5.74) is 1.47. The van der Waals surface area contributed by atoms with Crippen LogP contribution < -0.4 is 4.74 Å². The lowest BCUT2D eigenvalue weighted by Crippen LogP contribution is -2.17. The molecule has 2 aromatic carbocycles. The fourth-order valence-corrected chi connectivity index (χ4v) is 4.18. The smallest absolute Gasteiger partial charge is 0.406 e. The number of para-hydroxylation sites is 1. The highest BCUT2D eigenvalue weighted by Crippen LogP contribution is 2.29. The minimum Gasteiger partial charge on any atom is -0.406 e. The van der Waals surface area contributed by atoms with Gasteiger partial charge in [0, 0.05) is 0 Å². The first-order valence-electron chi connectivity index (χ1n) is 7.60. The monoisotopic (exact) mass is 409 g/mol. The Morgan fingerprint density at radius 1 is 1.07 bits per heavy atom. The number of nitrogens with zero attached hydrogens (tertiary/aromatic N) is 5. The SMILES string of the molecule is FC(F)(F)Oc1ccc(-n2nnnc2SCc2nc3ccccc3s2)cc1. The molecule has 0 atom stereocenters. The summed E-state index contributed by atoms with van der Waals surface area (Å²) in [6, 6.07) is 13.2. The van der Waals surface area contributed by atoms with Gasteiger partial charge in [-0.15, -0.1) is 29.6 Å². The van der Waals surface area contributed by atoms with Crippen LogP contribution in [0, 0.1) is 0 Å². The summed E-state index contributed by atoms with van der Waals surface area (Å²) in [5, 5.41) is 13.0. The van der Waals surface area contributed by atoms with Crippen LogP contribution in [0.4, 0.5) is 13.2 Å². The number of fused-ring (bicyclic) bond motifs is 1. The zero-order valence-electron chi connectivity index (χ0n) is 13.4. The zero-order valence-corrected chi connectivity index (χ0v) is 15.1. The molecule has 0 aliphatic carbocycles. The van der Waals surface area contributed by atoms with E-state index in [2.05, 4.69) is 25.2 Å². The number of rotatable bonds is 5. The zero-order chi connectivity index (χ0) is 18.9. The van der Waals surface area contributed by atoms with Crippen molar-refractivity contribution in [2.24, 2.45) is 0 Å². The third-order valence-corrected chi connectivity index (χ3v) is 5.57. The van der Waals surface area contributed by atoms with Crippen molar-refractivity contribution in [3.63, 3.8) is 0 Å². The Hall–Kier alpha value is -2.66. The van der Waals surface area contributed by atoms with Crippen LogP contribution in [0.2, 0.25) is 0 Å². The predicted molar refractivity (Wildman–Crippen MR) is 95.0 cm³/mol. The molecule has 0 amide bonds. The van der Waals surface area contributed by atoms with Crippen molar-refractivity contribution in [1.29, 1.82) is 0 Å². The van der Waals surface area contributed by atoms with Crippen LogP contribution in [0.25, 0.3) is 15.9 Å². The average molecular weight is 409 g/mol. The highest BCUT2D eigenvalue weighted by molar-refractivity contribution is 7.98. The Bertz CT molecular complexity index is 1030. The molecule has 6 nitrogen and oxygen atoms in total. The summed E-state index contributed by atoms with van der Waals surface area (Å²) >= 11 is 2.99. The van der Waals surface area contributed by atoms with Gasteiger partial charge in [-0.3, -0.25) is 0 Å². The topological polar surface area (TPSA) is 65.7 Å². The van der Waals surface area contributed by atoms with Gasteiger partial charge in [-0.2, -0.15) is 4.68 Å². The van der Waals surface area contributed by atoms with Gasteiger partial charge in [-0.25, -0.2) is 4.98 Å². The maximum atomic E-state index is 12.2. The van der Waals surface area contributed by atoms with Gasteiger partial charge in [0.1, 0.15) is 10.8 Å². The standard InChI is InChI=1S/C16H10F3N5OS2/c17-16(18,19)25-11-7-5-10(6-8-11)24-15(21-22-23-24)26-9-14-20-12-3-1-2-4-13(12)27-14/h1-8H,9H2. The van der Waals surface area contributed by atoms with Crippen molar-refractivity contribution in [1.82, 2.24) is 25.2 Å². The molecular weight excluding hydrogens is 399 g/mol. The maximum absolute atomic E-state index is 12.2. The van der Waals surface area contributed by atoms with Crippen molar-refractivity contribution in [3.05, 3.63) is 53.5 Å². The Balaban J connectivity index is 1.49. The molecule has 27 heavy (non-hydrogen) atoms. The lowest BCUT2D eigenvalue weighted by Gasteiger charge is -2.09. The summed E-state index contributed by atoms with van der Waals surface area (Å²) in [4.78, 5) is 4.56. The number of halogens is 3. The predicted octanol–water partition coefficient (Wildman–Crippen LogP) is 4.46. The molecule has 4 rings (SSSR count). The first-order chi connectivity index (χ1) is 13.0. The quantitative estimate of drug-likeness (QED) is 0.454. The summed E-state index contributed by atoms with van der Waals surface area (Å²) < 4.78 is 43.2. The van der Waals surface area contributed by atoms with E-state index >= 15 is 0 Å². The van der Waals surface area contributed by atoms with Gasteiger partial charge >= 0.3 is 6.36 Å². The van der Waals surface area contributed by atoms with Crippen molar-refractivity contribution in [2.75, 3.05) is 0 Å². The molecule has 0 N–H and O–H groups in total. The molecular formula is C16H10F3N5OS2. The number of tetrazole rings is 1. The molecule has 138 valence electrons. The van der Waals surface area contributed by atoms with Crippen molar-refractivity contribution < 1.29 is 17.9 Å². The molecule has 0 saturated carbocycles. The van der Waals surface area contributed by atoms with Crippen molar-refractivity contribution in [2.45, 2.75) is 17.3 Å². The van der Waals surface area contributed by atoms with E-state index in [1.165, 1.54) is 40.7 Å². The van der Waals surface area contributed by atoms with Gasteiger partial charge in [-0.05, 0) is 46.8 Å². The highest BCUT2D eigenvalue weighted by Gasteiger charge is 2.31. The Morgan fingerprint density at radius 2 is 1.85 bits per heavy atom. The lowest BCUT2D eigenvalue weighted by atomic mass is 10.3. The molecule has 0 aliphatic rings. The third kappa shape index (κ3) is 4.19. The van der Waals surface area contributed by atoms with Crippen LogP contribution in [-0.2, 0) is 5.75 Å². The molecule has 0 unspecified atom stereocenters. The van der Waals surface area contributed by atoms with Crippen LogP contribution in [0.5, 0.6) is 5.75 Å². The van der Waals surface area contributed by atoms with E-state index in [9.17, 15) is 13.2 Å². The number of thioether (sulfide) groups is 1. The van der Waals surface area contributed by atoms with Gasteiger partial charge in [0.25, 0.3) is 0 Å². The number of thiazole rings is 1. The summed E-state index contributed by atoms with van der Waals surface area (Å²) in [5.74, 6) is 0.276. The van der Waals surface area contributed by atoms with Gasteiger partial charge in [0.15, 0.2) is 0 Å². The Morgan fingerprint density at radius 3 is 2.59 bits per heavy atom. The number of alkyl halides is 3. The van der Waals surface area contributed by atoms with Gasteiger partial charge in [-0.1, -0.05) is 23.9 Å². The lowest BCUT2D eigenvalue weighted by molar-refractivity contribution is -0.274. The normalized spacial score (nSPS) is 11.8. The van der Waals surface area contributed by atoms with E-state index in [4.69, 9.17) is 0 Å². The van der Waals surface area contributed by atoms with E-state index in [0.717, 1.165) is 15.2 Å². The van der Waals surface area contributed by atoms with Crippen LogP contribution in [0.3, 0.4) is 0 Å². The second-order valence-corrected chi connectivity index (χ2v) is 7.34. The molecule has 4 aromatic rings. The molecule has 0 spiro atoms. The first kappa shape index (κ1) is 17.7. The Kier molecular flexibility index (Phi) is 4.70. The second kappa shape index (κ2) is 7.16.